The molecule has 1 N–H and O–H groups in total. The number of rotatable bonds is 4. The molecule has 6 rings (SSSR count). The summed E-state index contributed by atoms with van der Waals surface area (Å²) in [4.78, 5) is 13.3. The second-order valence-electron chi connectivity index (χ2n) is 9.12. The number of esters is 1. The van der Waals surface area contributed by atoms with Gasteiger partial charge in [0, 0.05) is 23.1 Å². The van der Waals surface area contributed by atoms with Crippen molar-refractivity contribution in [2.75, 3.05) is 7.05 Å². The molecule has 1 aliphatic rings. The zero-order valence-corrected chi connectivity index (χ0v) is 19.4. The number of hydrogen-bond donors (Lipinski definition) is 1. The molecule has 1 aromatic heterocycles. The number of carbonyl (C=O) groups excluding carboxylic acids is 1. The van der Waals surface area contributed by atoms with Gasteiger partial charge in [-0.3, -0.25) is 0 Å². The fourth-order valence-corrected chi connectivity index (χ4v) is 5.33. The first-order chi connectivity index (χ1) is 16.5. The maximum absolute atomic E-state index is 13.3. The third-order valence-electron chi connectivity index (χ3n) is 6.83. The molecule has 0 saturated heterocycles. The Balaban J connectivity index is 1.72. The van der Waals surface area contributed by atoms with E-state index in [2.05, 4.69) is 66.8 Å². The number of aryl methyl sites for hydroxylation is 2. The second-order valence-corrected chi connectivity index (χ2v) is 9.12. The number of cyclic esters (lactones) is 1. The Morgan fingerprint density at radius 1 is 0.882 bits per heavy atom. The summed E-state index contributed by atoms with van der Waals surface area (Å²) in [6.07, 6.45) is 0. The van der Waals surface area contributed by atoms with Crippen LogP contribution in [0.1, 0.15) is 43.9 Å². The van der Waals surface area contributed by atoms with Gasteiger partial charge in [-0.2, -0.15) is 0 Å². The van der Waals surface area contributed by atoms with E-state index < -0.39 is 11.6 Å². The Morgan fingerprint density at radius 2 is 1.71 bits per heavy atom. The zero-order valence-electron chi connectivity index (χ0n) is 19.4. The maximum atomic E-state index is 13.3. The molecule has 0 saturated carbocycles. The van der Waals surface area contributed by atoms with E-state index in [1.807, 2.05) is 38.2 Å². The lowest BCUT2D eigenvalue weighted by Crippen LogP contribution is -2.30. The molecule has 0 fully saturated rings. The van der Waals surface area contributed by atoms with Crippen LogP contribution in [0.15, 0.2) is 83.3 Å². The fourth-order valence-electron chi connectivity index (χ4n) is 5.33. The number of fused-ring (bicyclic) bond motifs is 4. The summed E-state index contributed by atoms with van der Waals surface area (Å²) < 4.78 is 12.4. The average molecular weight is 448 g/mol. The molecule has 4 nitrogen and oxygen atoms in total. The SMILES string of the molecule is CNCc1ccc(C2(c3ccc4ccccc4c3)OC(=O)c3oc4ccc(C)cc4c32)c(C)c1. The first-order valence-electron chi connectivity index (χ1n) is 11.5. The molecule has 0 amide bonds. The van der Waals surface area contributed by atoms with E-state index in [4.69, 9.17) is 9.15 Å². The molecule has 168 valence electrons. The van der Waals surface area contributed by atoms with E-state index in [0.717, 1.165) is 50.5 Å². The van der Waals surface area contributed by atoms with Crippen molar-refractivity contribution >= 4 is 27.7 Å². The quantitative estimate of drug-likeness (QED) is 0.325. The summed E-state index contributed by atoms with van der Waals surface area (Å²) in [6.45, 7) is 4.89. The van der Waals surface area contributed by atoms with E-state index in [1.165, 1.54) is 5.56 Å². The Bertz CT molecular complexity index is 1600. The lowest BCUT2D eigenvalue weighted by Gasteiger charge is -2.32. The van der Waals surface area contributed by atoms with Crippen LogP contribution < -0.4 is 5.32 Å². The van der Waals surface area contributed by atoms with Gasteiger partial charge >= 0.3 is 5.97 Å². The van der Waals surface area contributed by atoms with Gasteiger partial charge < -0.3 is 14.5 Å². The van der Waals surface area contributed by atoms with Crippen molar-refractivity contribution in [1.29, 1.82) is 0 Å². The van der Waals surface area contributed by atoms with Crippen LogP contribution in [0.2, 0.25) is 0 Å². The van der Waals surface area contributed by atoms with Crippen LogP contribution in [0.5, 0.6) is 0 Å². The molecule has 0 aliphatic carbocycles. The molecular formula is C30H25NO3. The van der Waals surface area contributed by atoms with Crippen LogP contribution in [0.4, 0.5) is 0 Å². The topological polar surface area (TPSA) is 51.5 Å². The Hall–Kier alpha value is -3.89. The molecule has 1 unspecified atom stereocenters. The lowest BCUT2D eigenvalue weighted by atomic mass is 9.77. The van der Waals surface area contributed by atoms with Gasteiger partial charge in [-0.05, 0) is 61.0 Å². The highest BCUT2D eigenvalue weighted by molar-refractivity contribution is 6.02. The summed E-state index contributed by atoms with van der Waals surface area (Å²) in [5, 5.41) is 6.35. The minimum atomic E-state index is -1.10. The number of nitrogens with one attached hydrogen (secondary N) is 1. The van der Waals surface area contributed by atoms with Crippen LogP contribution in [0.3, 0.4) is 0 Å². The minimum Gasteiger partial charge on any atom is -0.449 e. The van der Waals surface area contributed by atoms with Crippen LogP contribution >= 0.6 is 0 Å². The third kappa shape index (κ3) is 2.92. The highest BCUT2D eigenvalue weighted by Gasteiger charge is 2.53. The Kier molecular flexibility index (Phi) is 4.61. The van der Waals surface area contributed by atoms with E-state index in [9.17, 15) is 4.79 Å². The third-order valence-corrected chi connectivity index (χ3v) is 6.83. The maximum Gasteiger partial charge on any atom is 0.376 e. The summed E-state index contributed by atoms with van der Waals surface area (Å²) >= 11 is 0. The molecule has 34 heavy (non-hydrogen) atoms. The van der Waals surface area contributed by atoms with Crippen molar-refractivity contribution in [1.82, 2.24) is 5.32 Å². The van der Waals surface area contributed by atoms with Gasteiger partial charge in [-0.25, -0.2) is 4.79 Å². The van der Waals surface area contributed by atoms with E-state index in [0.29, 0.717) is 5.58 Å². The molecule has 2 heterocycles. The van der Waals surface area contributed by atoms with E-state index in [-0.39, 0.29) is 5.76 Å². The largest absolute Gasteiger partial charge is 0.449 e. The van der Waals surface area contributed by atoms with E-state index in [1.54, 1.807) is 0 Å². The lowest BCUT2D eigenvalue weighted by molar-refractivity contribution is 0.0235. The van der Waals surface area contributed by atoms with Gasteiger partial charge in [-0.15, -0.1) is 0 Å². The summed E-state index contributed by atoms with van der Waals surface area (Å²) in [7, 11) is 1.94. The fraction of sp³-hybridized carbons (Fsp3) is 0.167. The molecule has 0 spiro atoms. The standard InChI is InChI=1S/C30H25NO3/c1-18-8-13-26-24(14-18)27-28(33-26)29(32)34-30(27,25-12-9-20(17-31-3)15-19(25)2)23-11-10-21-6-4-5-7-22(21)16-23/h4-16,31H,17H2,1-3H3. The van der Waals surface area contributed by atoms with Gasteiger partial charge in [-0.1, -0.05) is 66.2 Å². The Labute approximate surface area is 198 Å². The molecule has 5 aromatic rings. The van der Waals surface area contributed by atoms with Gasteiger partial charge in [0.15, 0.2) is 5.60 Å². The van der Waals surface area contributed by atoms with Gasteiger partial charge in [0.1, 0.15) is 5.58 Å². The predicted octanol–water partition coefficient (Wildman–Crippen LogP) is 6.38. The predicted molar refractivity (Wildman–Crippen MR) is 134 cm³/mol. The Morgan fingerprint density at radius 3 is 2.50 bits per heavy atom. The van der Waals surface area contributed by atoms with Crippen LogP contribution in [0, 0.1) is 13.8 Å². The van der Waals surface area contributed by atoms with Crippen LogP contribution in [0.25, 0.3) is 21.7 Å². The zero-order chi connectivity index (χ0) is 23.4. The number of furan rings is 1. The van der Waals surface area contributed by atoms with Crippen molar-refractivity contribution < 1.29 is 13.9 Å². The highest BCUT2D eigenvalue weighted by atomic mass is 16.6. The molecule has 1 atom stereocenters. The van der Waals surface area contributed by atoms with Gasteiger partial charge in [0.25, 0.3) is 0 Å². The minimum absolute atomic E-state index is 0.285. The summed E-state index contributed by atoms with van der Waals surface area (Å²) in [5.41, 5.74) is 5.57. The van der Waals surface area contributed by atoms with Crippen molar-refractivity contribution in [2.24, 2.45) is 0 Å². The molecule has 4 aromatic carbocycles. The second kappa shape index (κ2) is 7.57. The molecule has 0 radical (unpaired) electrons. The number of benzene rings is 4. The normalized spacial score (nSPS) is 17.3. The molecular weight excluding hydrogens is 422 g/mol. The monoisotopic (exact) mass is 447 g/mol. The highest BCUT2D eigenvalue weighted by Crippen LogP contribution is 2.52. The van der Waals surface area contributed by atoms with Crippen molar-refractivity contribution in [3.05, 3.63) is 118 Å². The van der Waals surface area contributed by atoms with Crippen molar-refractivity contribution in [3.8, 4) is 0 Å². The van der Waals surface area contributed by atoms with Crippen molar-refractivity contribution in [3.63, 3.8) is 0 Å². The first kappa shape index (κ1) is 20.7. The number of ether oxygens (including phenoxy) is 1. The van der Waals surface area contributed by atoms with Gasteiger partial charge in [0.2, 0.25) is 5.76 Å². The number of hydrogen-bond acceptors (Lipinski definition) is 4. The number of carbonyl (C=O) groups is 1. The van der Waals surface area contributed by atoms with Crippen LogP contribution in [-0.4, -0.2) is 13.0 Å². The first-order valence-corrected chi connectivity index (χ1v) is 11.5. The molecule has 4 heteroatoms. The summed E-state index contributed by atoms with van der Waals surface area (Å²) in [6, 6.07) is 26.9. The van der Waals surface area contributed by atoms with E-state index >= 15 is 0 Å². The summed E-state index contributed by atoms with van der Waals surface area (Å²) in [5.74, 6) is -0.150. The smallest absolute Gasteiger partial charge is 0.376 e. The average Bonchev–Trinajstić information content (AvgIpc) is 3.35. The molecule has 1 aliphatic heterocycles. The van der Waals surface area contributed by atoms with Gasteiger partial charge in [0.05, 0.1) is 5.56 Å². The van der Waals surface area contributed by atoms with Crippen molar-refractivity contribution in [2.45, 2.75) is 26.0 Å². The van der Waals surface area contributed by atoms with Crippen LogP contribution in [-0.2, 0) is 16.9 Å². The molecule has 0 bridgehead atoms.